The first-order valence-electron chi connectivity index (χ1n) is 8.59. The molecule has 0 aliphatic carbocycles. The molecule has 0 fully saturated rings. The topological polar surface area (TPSA) is 63.7 Å². The summed E-state index contributed by atoms with van der Waals surface area (Å²) < 4.78 is 11.2. The van der Waals surface area contributed by atoms with Crippen molar-refractivity contribution in [3.63, 3.8) is 0 Å². The molecule has 7 heteroatoms. The lowest BCUT2D eigenvalue weighted by molar-refractivity contribution is 0.170. The van der Waals surface area contributed by atoms with E-state index in [2.05, 4.69) is 10.3 Å². The van der Waals surface area contributed by atoms with E-state index in [1.807, 2.05) is 43.3 Å². The summed E-state index contributed by atoms with van der Waals surface area (Å²) in [6.07, 6.45) is 1.77. The number of urea groups is 1. The minimum Gasteiger partial charge on any atom is -0.486 e. The molecule has 1 N–H and O–H groups in total. The van der Waals surface area contributed by atoms with E-state index in [-0.39, 0.29) is 12.1 Å². The van der Waals surface area contributed by atoms with Crippen molar-refractivity contribution >= 4 is 17.8 Å². The smallest absolute Gasteiger partial charge is 0.317 e. The van der Waals surface area contributed by atoms with Gasteiger partial charge in [0.1, 0.15) is 13.2 Å². The van der Waals surface area contributed by atoms with Crippen LogP contribution in [0.1, 0.15) is 18.5 Å². The number of amides is 2. The molecule has 1 aromatic carbocycles. The summed E-state index contributed by atoms with van der Waals surface area (Å²) >= 11 is 1.62. The summed E-state index contributed by atoms with van der Waals surface area (Å²) in [6, 6.07) is 11.4. The Hall–Kier alpha value is -2.41. The number of nitrogens with one attached hydrogen (secondary N) is 1. The molecule has 1 aromatic heterocycles. The number of ether oxygens (including phenoxy) is 2. The zero-order valence-corrected chi connectivity index (χ0v) is 15.8. The van der Waals surface area contributed by atoms with E-state index in [0.29, 0.717) is 19.8 Å². The Morgan fingerprint density at radius 1 is 1.27 bits per heavy atom. The Labute approximate surface area is 157 Å². The molecule has 3 rings (SSSR count). The second kappa shape index (κ2) is 8.80. The van der Waals surface area contributed by atoms with Gasteiger partial charge >= 0.3 is 6.03 Å². The number of benzene rings is 1. The molecular formula is C19H23N3O3S. The standard InChI is InChI=1S/C19H23N3O3S/c1-14(15-6-7-16-17(13-15)25-11-10-24-16)22(2)19(23)21-9-12-26-18-5-3-4-8-20-18/h3-8,13-14H,9-12H2,1-2H3,(H,21,23)/t14-/m1/s1. The second-order valence-corrected chi connectivity index (χ2v) is 7.05. The number of fused-ring (bicyclic) bond motifs is 1. The van der Waals surface area contributed by atoms with Crippen molar-refractivity contribution in [2.45, 2.75) is 18.0 Å². The molecule has 2 aromatic rings. The first-order valence-corrected chi connectivity index (χ1v) is 9.58. The van der Waals surface area contributed by atoms with Crippen molar-refractivity contribution in [2.75, 3.05) is 32.6 Å². The maximum absolute atomic E-state index is 12.4. The first-order chi connectivity index (χ1) is 12.6. The fraction of sp³-hybridized carbons (Fsp3) is 0.368. The number of hydrogen-bond donors (Lipinski definition) is 1. The average Bonchev–Trinajstić information content (AvgIpc) is 2.70. The van der Waals surface area contributed by atoms with E-state index in [4.69, 9.17) is 9.47 Å². The number of thioether (sulfide) groups is 1. The highest BCUT2D eigenvalue weighted by molar-refractivity contribution is 7.99. The lowest BCUT2D eigenvalue weighted by atomic mass is 10.1. The van der Waals surface area contributed by atoms with E-state index in [1.54, 1.807) is 29.9 Å². The Balaban J connectivity index is 1.49. The van der Waals surface area contributed by atoms with Gasteiger partial charge in [0.05, 0.1) is 11.1 Å². The third kappa shape index (κ3) is 4.60. The predicted octanol–water partition coefficient (Wildman–Crippen LogP) is 3.35. The highest BCUT2D eigenvalue weighted by Gasteiger charge is 2.20. The molecule has 6 nitrogen and oxygen atoms in total. The maximum atomic E-state index is 12.4. The summed E-state index contributed by atoms with van der Waals surface area (Å²) in [5.74, 6) is 2.27. The normalized spacial score (nSPS) is 13.8. The number of nitrogens with zero attached hydrogens (tertiary/aromatic N) is 2. The second-order valence-electron chi connectivity index (χ2n) is 5.94. The Morgan fingerprint density at radius 2 is 2.08 bits per heavy atom. The molecule has 0 saturated heterocycles. The summed E-state index contributed by atoms with van der Waals surface area (Å²) in [6.45, 7) is 3.70. The Kier molecular flexibility index (Phi) is 6.22. The van der Waals surface area contributed by atoms with Crippen LogP contribution in [0.5, 0.6) is 11.5 Å². The van der Waals surface area contributed by atoms with Gasteiger partial charge in [0.25, 0.3) is 0 Å². The van der Waals surface area contributed by atoms with Crippen LogP contribution in [-0.2, 0) is 0 Å². The first kappa shape index (κ1) is 18.4. The van der Waals surface area contributed by atoms with Gasteiger partial charge < -0.3 is 19.7 Å². The molecule has 0 bridgehead atoms. The maximum Gasteiger partial charge on any atom is 0.317 e. The van der Waals surface area contributed by atoms with Gasteiger partial charge in [-0.3, -0.25) is 0 Å². The van der Waals surface area contributed by atoms with Crippen LogP contribution in [0.3, 0.4) is 0 Å². The van der Waals surface area contributed by atoms with E-state index in [9.17, 15) is 4.79 Å². The third-order valence-corrected chi connectivity index (χ3v) is 5.16. The predicted molar refractivity (Wildman–Crippen MR) is 102 cm³/mol. The van der Waals surface area contributed by atoms with Crippen LogP contribution in [0.15, 0.2) is 47.6 Å². The zero-order valence-electron chi connectivity index (χ0n) is 15.0. The fourth-order valence-electron chi connectivity index (χ4n) is 2.59. The largest absolute Gasteiger partial charge is 0.486 e. The van der Waals surface area contributed by atoms with Crippen LogP contribution in [-0.4, -0.2) is 48.5 Å². The Bertz CT molecular complexity index is 742. The van der Waals surface area contributed by atoms with Gasteiger partial charge in [-0.15, -0.1) is 11.8 Å². The molecule has 1 aliphatic heterocycles. The van der Waals surface area contributed by atoms with Crippen LogP contribution in [0, 0.1) is 0 Å². The van der Waals surface area contributed by atoms with Crippen molar-refractivity contribution in [1.29, 1.82) is 0 Å². The van der Waals surface area contributed by atoms with Crippen LogP contribution >= 0.6 is 11.8 Å². The van der Waals surface area contributed by atoms with Crippen LogP contribution < -0.4 is 14.8 Å². The summed E-state index contributed by atoms with van der Waals surface area (Å²) in [5, 5.41) is 3.91. The minimum atomic E-state index is -0.103. The highest BCUT2D eigenvalue weighted by atomic mass is 32.2. The number of carbonyl (C=O) groups is 1. The SMILES string of the molecule is C[C@H](c1ccc2c(c1)OCCO2)N(C)C(=O)NCCSc1ccccn1. The van der Waals surface area contributed by atoms with E-state index >= 15 is 0 Å². The van der Waals surface area contributed by atoms with Crippen molar-refractivity contribution < 1.29 is 14.3 Å². The third-order valence-electron chi connectivity index (χ3n) is 4.22. The number of carbonyl (C=O) groups excluding carboxylic acids is 1. The van der Waals surface area contributed by atoms with Gasteiger partial charge in [-0.05, 0) is 36.8 Å². The number of hydrogen-bond acceptors (Lipinski definition) is 5. The van der Waals surface area contributed by atoms with Crippen molar-refractivity contribution in [3.05, 3.63) is 48.2 Å². The molecule has 0 spiro atoms. The van der Waals surface area contributed by atoms with Gasteiger partial charge in [0.2, 0.25) is 0 Å². The number of aromatic nitrogens is 1. The highest BCUT2D eigenvalue weighted by Crippen LogP contribution is 2.33. The van der Waals surface area contributed by atoms with Crippen molar-refractivity contribution in [2.24, 2.45) is 0 Å². The number of rotatable bonds is 6. The molecule has 138 valence electrons. The Morgan fingerprint density at radius 3 is 2.85 bits per heavy atom. The fourth-order valence-corrected chi connectivity index (χ4v) is 3.31. The molecule has 1 aliphatic rings. The molecular weight excluding hydrogens is 350 g/mol. The summed E-state index contributed by atoms with van der Waals surface area (Å²) in [7, 11) is 1.79. The zero-order chi connectivity index (χ0) is 18.4. The summed E-state index contributed by atoms with van der Waals surface area (Å²) in [4.78, 5) is 18.3. The van der Waals surface area contributed by atoms with Gasteiger partial charge in [0, 0.05) is 25.5 Å². The van der Waals surface area contributed by atoms with Crippen molar-refractivity contribution in [1.82, 2.24) is 15.2 Å². The lowest BCUT2D eigenvalue weighted by Gasteiger charge is -2.27. The molecule has 0 unspecified atom stereocenters. The molecule has 0 saturated carbocycles. The molecule has 2 amide bonds. The van der Waals surface area contributed by atoms with Gasteiger partial charge in [-0.25, -0.2) is 9.78 Å². The monoisotopic (exact) mass is 373 g/mol. The van der Waals surface area contributed by atoms with Crippen LogP contribution in [0.4, 0.5) is 4.79 Å². The van der Waals surface area contributed by atoms with Crippen LogP contribution in [0.2, 0.25) is 0 Å². The van der Waals surface area contributed by atoms with Gasteiger partial charge in [-0.1, -0.05) is 12.1 Å². The van der Waals surface area contributed by atoms with Crippen molar-refractivity contribution in [3.8, 4) is 11.5 Å². The molecule has 0 radical (unpaired) electrons. The van der Waals surface area contributed by atoms with E-state index < -0.39 is 0 Å². The molecule has 1 atom stereocenters. The minimum absolute atomic E-state index is 0.0748. The van der Waals surface area contributed by atoms with Gasteiger partial charge in [-0.2, -0.15) is 0 Å². The van der Waals surface area contributed by atoms with Crippen LogP contribution in [0.25, 0.3) is 0 Å². The average molecular weight is 373 g/mol. The molecule has 2 heterocycles. The summed E-state index contributed by atoms with van der Waals surface area (Å²) in [5.41, 5.74) is 1.01. The number of pyridine rings is 1. The van der Waals surface area contributed by atoms with E-state index in [1.165, 1.54) is 0 Å². The van der Waals surface area contributed by atoms with E-state index in [0.717, 1.165) is 27.8 Å². The van der Waals surface area contributed by atoms with Gasteiger partial charge in [0.15, 0.2) is 11.5 Å². The lowest BCUT2D eigenvalue weighted by Crippen LogP contribution is -2.39. The molecule has 26 heavy (non-hydrogen) atoms. The quantitative estimate of drug-likeness (QED) is 0.621.